The Labute approximate surface area is 70.5 Å². The van der Waals surface area contributed by atoms with Gasteiger partial charge in [0, 0.05) is 0 Å². The van der Waals surface area contributed by atoms with Gasteiger partial charge in [-0.15, -0.1) is 0 Å². The predicted molar refractivity (Wildman–Crippen MR) is 45.7 cm³/mol. The highest BCUT2D eigenvalue weighted by molar-refractivity contribution is 5.82. The molecule has 0 saturated heterocycles. The first-order chi connectivity index (χ1) is 5.75. The third-order valence-corrected chi connectivity index (χ3v) is 1.58. The molecular weight excluding hydrogens is 154 g/mol. The van der Waals surface area contributed by atoms with Crippen molar-refractivity contribution in [3.63, 3.8) is 0 Å². The molecular formula is C8H11N3O. The molecule has 0 aliphatic carbocycles. The van der Waals surface area contributed by atoms with Crippen LogP contribution in [0.1, 0.15) is 11.6 Å². The summed E-state index contributed by atoms with van der Waals surface area (Å²) in [6, 6.07) is 8.37. The summed E-state index contributed by atoms with van der Waals surface area (Å²) < 4.78 is 0. The molecule has 4 heteroatoms. The van der Waals surface area contributed by atoms with Gasteiger partial charge in [0.15, 0.2) is 0 Å². The molecule has 0 heterocycles. The molecule has 0 fully saturated rings. The molecule has 64 valence electrons. The van der Waals surface area contributed by atoms with Crippen molar-refractivity contribution in [1.29, 1.82) is 0 Å². The summed E-state index contributed by atoms with van der Waals surface area (Å²) in [5.41, 5.74) is 8.31. The van der Waals surface area contributed by atoms with Crippen LogP contribution in [0.2, 0.25) is 0 Å². The summed E-state index contributed by atoms with van der Waals surface area (Å²) in [5, 5.41) is 0. The van der Waals surface area contributed by atoms with Gasteiger partial charge in [0.05, 0.1) is 0 Å². The normalized spacial score (nSPS) is 12.2. The van der Waals surface area contributed by atoms with Gasteiger partial charge in [0.2, 0.25) is 0 Å². The highest BCUT2D eigenvalue weighted by Gasteiger charge is 2.12. The van der Waals surface area contributed by atoms with Crippen LogP contribution in [0.5, 0.6) is 0 Å². The first-order valence-corrected chi connectivity index (χ1v) is 3.56. The number of carbonyl (C=O) groups excluding carboxylic acids is 1. The minimum Gasteiger partial charge on any atom is -0.316 e. The lowest BCUT2D eigenvalue weighted by molar-refractivity contribution is -0.122. The Morgan fingerprint density at radius 3 is 2.42 bits per heavy atom. The maximum absolute atomic E-state index is 11.0. The quantitative estimate of drug-likeness (QED) is 0.319. The number of hydrogen-bond acceptors (Lipinski definition) is 3. The largest absolute Gasteiger partial charge is 0.316 e. The highest BCUT2D eigenvalue weighted by Crippen LogP contribution is 2.08. The average molecular weight is 165 g/mol. The van der Waals surface area contributed by atoms with E-state index >= 15 is 0 Å². The van der Waals surface area contributed by atoms with Crippen LogP contribution in [0.3, 0.4) is 0 Å². The first kappa shape index (κ1) is 8.70. The number of hydrogen-bond donors (Lipinski definition) is 3. The van der Waals surface area contributed by atoms with Gasteiger partial charge in [-0.3, -0.25) is 10.2 Å². The fourth-order valence-corrected chi connectivity index (χ4v) is 0.902. The van der Waals surface area contributed by atoms with Crippen molar-refractivity contribution < 1.29 is 4.79 Å². The van der Waals surface area contributed by atoms with E-state index in [9.17, 15) is 4.79 Å². The van der Waals surface area contributed by atoms with Gasteiger partial charge in [-0.1, -0.05) is 30.3 Å². The van der Waals surface area contributed by atoms with Crippen LogP contribution in [0.4, 0.5) is 0 Å². The lowest BCUT2D eigenvalue weighted by Crippen LogP contribution is -2.38. The molecule has 0 aliphatic heterocycles. The Kier molecular flexibility index (Phi) is 2.79. The van der Waals surface area contributed by atoms with Crippen LogP contribution in [0.25, 0.3) is 0 Å². The maximum Gasteiger partial charge on any atom is 0.255 e. The Balaban J connectivity index is 2.78. The third-order valence-electron chi connectivity index (χ3n) is 1.58. The molecule has 0 unspecified atom stereocenters. The molecule has 1 rings (SSSR count). The molecule has 0 radical (unpaired) electrons. The number of nitrogens with one attached hydrogen (secondary N) is 1. The molecule has 5 N–H and O–H groups in total. The van der Waals surface area contributed by atoms with Crippen molar-refractivity contribution in [3.8, 4) is 0 Å². The van der Waals surface area contributed by atoms with E-state index in [1.807, 2.05) is 23.6 Å². The van der Waals surface area contributed by atoms with Crippen LogP contribution >= 0.6 is 0 Å². The Morgan fingerprint density at radius 1 is 1.33 bits per heavy atom. The van der Waals surface area contributed by atoms with Crippen molar-refractivity contribution >= 4 is 5.91 Å². The zero-order chi connectivity index (χ0) is 8.97. The van der Waals surface area contributed by atoms with E-state index in [1.54, 1.807) is 12.1 Å². The smallest absolute Gasteiger partial charge is 0.255 e. The van der Waals surface area contributed by atoms with E-state index in [1.165, 1.54) is 0 Å². The molecule has 0 aliphatic rings. The summed E-state index contributed by atoms with van der Waals surface area (Å²) in [4.78, 5) is 11.0. The molecule has 0 saturated carbocycles. The van der Waals surface area contributed by atoms with Gasteiger partial charge in [0.25, 0.3) is 5.91 Å². The molecule has 1 amide bonds. The number of nitrogens with two attached hydrogens (primary N) is 2. The maximum atomic E-state index is 11.0. The van der Waals surface area contributed by atoms with Gasteiger partial charge in [-0.05, 0) is 5.56 Å². The van der Waals surface area contributed by atoms with Crippen LogP contribution in [0.15, 0.2) is 30.3 Å². The van der Waals surface area contributed by atoms with Crippen LogP contribution < -0.4 is 17.0 Å². The number of rotatable bonds is 2. The number of carbonyl (C=O) groups is 1. The molecule has 0 bridgehead atoms. The van der Waals surface area contributed by atoms with Crippen LogP contribution in [-0.4, -0.2) is 5.91 Å². The summed E-state index contributed by atoms with van der Waals surface area (Å²) in [6.45, 7) is 0. The molecule has 4 nitrogen and oxygen atoms in total. The van der Waals surface area contributed by atoms with E-state index in [-0.39, 0.29) is 5.91 Å². The van der Waals surface area contributed by atoms with E-state index in [4.69, 9.17) is 11.6 Å². The van der Waals surface area contributed by atoms with Crippen LogP contribution in [-0.2, 0) is 4.79 Å². The lowest BCUT2D eigenvalue weighted by atomic mass is 10.1. The SMILES string of the molecule is NNC(=O)[C@H](N)c1ccccc1. The lowest BCUT2D eigenvalue weighted by Gasteiger charge is -2.08. The van der Waals surface area contributed by atoms with Crippen molar-refractivity contribution in [2.75, 3.05) is 0 Å². The molecule has 0 aromatic heterocycles. The summed E-state index contributed by atoms with van der Waals surface area (Å²) in [5.74, 6) is 4.54. The van der Waals surface area contributed by atoms with Gasteiger partial charge < -0.3 is 5.73 Å². The zero-order valence-corrected chi connectivity index (χ0v) is 6.53. The average Bonchev–Trinajstić information content (AvgIpc) is 2.17. The van der Waals surface area contributed by atoms with Crippen molar-refractivity contribution in [2.24, 2.45) is 11.6 Å². The Morgan fingerprint density at radius 2 is 1.92 bits per heavy atom. The van der Waals surface area contributed by atoms with E-state index in [2.05, 4.69) is 0 Å². The minimum atomic E-state index is -0.684. The fraction of sp³-hybridized carbons (Fsp3) is 0.125. The van der Waals surface area contributed by atoms with Crippen molar-refractivity contribution in [2.45, 2.75) is 6.04 Å². The Hall–Kier alpha value is -1.39. The van der Waals surface area contributed by atoms with E-state index in [0.29, 0.717) is 0 Å². The van der Waals surface area contributed by atoms with Gasteiger partial charge in [-0.25, -0.2) is 5.84 Å². The number of benzene rings is 1. The first-order valence-electron chi connectivity index (χ1n) is 3.56. The number of amides is 1. The molecule has 1 aromatic rings. The molecule has 0 spiro atoms. The zero-order valence-electron chi connectivity index (χ0n) is 6.53. The topological polar surface area (TPSA) is 81.1 Å². The van der Waals surface area contributed by atoms with Gasteiger partial charge in [0.1, 0.15) is 6.04 Å². The Bertz CT molecular complexity index is 260. The van der Waals surface area contributed by atoms with E-state index < -0.39 is 6.04 Å². The highest BCUT2D eigenvalue weighted by atomic mass is 16.2. The minimum absolute atomic E-state index is 0.388. The van der Waals surface area contributed by atoms with Crippen LogP contribution in [0, 0.1) is 0 Å². The number of hydrazine groups is 1. The second-order valence-corrected chi connectivity index (χ2v) is 2.40. The summed E-state index contributed by atoms with van der Waals surface area (Å²) >= 11 is 0. The summed E-state index contributed by atoms with van der Waals surface area (Å²) in [6.07, 6.45) is 0. The molecule has 12 heavy (non-hydrogen) atoms. The van der Waals surface area contributed by atoms with Gasteiger partial charge >= 0.3 is 0 Å². The second kappa shape index (κ2) is 3.85. The molecule has 1 atom stereocenters. The van der Waals surface area contributed by atoms with E-state index in [0.717, 1.165) is 5.56 Å². The van der Waals surface area contributed by atoms with Crippen molar-refractivity contribution in [3.05, 3.63) is 35.9 Å². The fourth-order valence-electron chi connectivity index (χ4n) is 0.902. The predicted octanol–water partition coefficient (Wildman–Crippen LogP) is -0.324. The van der Waals surface area contributed by atoms with Gasteiger partial charge in [-0.2, -0.15) is 0 Å². The summed E-state index contributed by atoms with van der Waals surface area (Å²) in [7, 11) is 0. The third kappa shape index (κ3) is 1.81. The van der Waals surface area contributed by atoms with Crippen molar-refractivity contribution in [1.82, 2.24) is 5.43 Å². The standard InChI is InChI=1S/C8H11N3O/c9-7(8(12)11-10)6-4-2-1-3-5-6/h1-5,7H,9-10H2,(H,11,12)/t7-/m1/s1. The second-order valence-electron chi connectivity index (χ2n) is 2.40. The molecule has 1 aromatic carbocycles. The monoisotopic (exact) mass is 165 g/mol.